The van der Waals surface area contributed by atoms with E-state index in [-0.39, 0.29) is 5.92 Å². The largest absolute Gasteiger partial charge is 0.234 e. The SMILES string of the molecule is CCCCCCc1cc2c(c(C3CCCCC3=C=O)c1C)Cc1ccccc1-2. The van der Waals surface area contributed by atoms with E-state index in [1.165, 1.54) is 71.0 Å². The fraction of sp³-hybridized carbons (Fsp3) is 0.481. The average Bonchev–Trinajstić information content (AvgIpc) is 3.09. The zero-order chi connectivity index (χ0) is 19.5. The highest BCUT2D eigenvalue weighted by molar-refractivity contribution is 5.80. The molecule has 1 heteroatoms. The summed E-state index contributed by atoms with van der Waals surface area (Å²) in [6.45, 7) is 4.58. The molecule has 0 aromatic heterocycles. The van der Waals surface area contributed by atoms with Gasteiger partial charge in [0.1, 0.15) is 5.94 Å². The molecule has 2 aromatic rings. The molecule has 1 saturated carbocycles. The molecule has 0 spiro atoms. The summed E-state index contributed by atoms with van der Waals surface area (Å²) in [5, 5.41) is 0. The molecule has 1 atom stereocenters. The van der Waals surface area contributed by atoms with Crippen LogP contribution in [0.2, 0.25) is 0 Å². The molecule has 1 unspecified atom stereocenters. The van der Waals surface area contributed by atoms with E-state index in [9.17, 15) is 4.79 Å². The minimum absolute atomic E-state index is 0.282. The van der Waals surface area contributed by atoms with Crippen LogP contribution in [0.5, 0.6) is 0 Å². The summed E-state index contributed by atoms with van der Waals surface area (Å²) in [7, 11) is 0. The van der Waals surface area contributed by atoms with Gasteiger partial charge in [0.25, 0.3) is 0 Å². The summed E-state index contributed by atoms with van der Waals surface area (Å²) in [5.41, 5.74) is 11.2. The molecule has 146 valence electrons. The number of fused-ring (bicyclic) bond motifs is 3. The number of carbonyl (C=O) groups excluding carboxylic acids is 1. The van der Waals surface area contributed by atoms with Gasteiger partial charge in [-0.2, -0.15) is 0 Å². The number of hydrogen-bond acceptors (Lipinski definition) is 1. The summed E-state index contributed by atoms with van der Waals surface area (Å²) >= 11 is 0. The molecule has 0 aliphatic heterocycles. The maximum atomic E-state index is 11.7. The molecule has 28 heavy (non-hydrogen) atoms. The van der Waals surface area contributed by atoms with E-state index in [1.54, 1.807) is 0 Å². The predicted octanol–water partition coefficient (Wildman–Crippen LogP) is 7.10. The molecule has 2 aliphatic rings. The second-order valence-corrected chi connectivity index (χ2v) is 8.67. The maximum absolute atomic E-state index is 11.7. The molecule has 4 rings (SSSR count). The number of benzene rings is 2. The van der Waals surface area contributed by atoms with Gasteiger partial charge in [-0.25, -0.2) is 4.79 Å². The van der Waals surface area contributed by atoms with Gasteiger partial charge in [0.2, 0.25) is 0 Å². The number of rotatable bonds is 6. The highest BCUT2D eigenvalue weighted by Crippen LogP contribution is 2.47. The third-order valence-electron chi connectivity index (χ3n) is 6.92. The molecule has 0 amide bonds. The third-order valence-corrected chi connectivity index (χ3v) is 6.92. The quantitative estimate of drug-likeness (QED) is 0.333. The number of hydrogen-bond donors (Lipinski definition) is 0. The van der Waals surface area contributed by atoms with Crippen molar-refractivity contribution in [3.05, 3.63) is 63.7 Å². The van der Waals surface area contributed by atoms with Crippen LogP contribution in [0.4, 0.5) is 0 Å². The van der Waals surface area contributed by atoms with E-state index in [2.05, 4.69) is 50.1 Å². The first-order valence-electron chi connectivity index (χ1n) is 11.2. The summed E-state index contributed by atoms with van der Waals surface area (Å²) in [5.74, 6) is 2.62. The first kappa shape index (κ1) is 19.2. The molecular weight excluding hydrogens is 340 g/mol. The van der Waals surface area contributed by atoms with Crippen LogP contribution in [0.1, 0.15) is 92.0 Å². The number of unbranched alkanes of at least 4 members (excludes halogenated alkanes) is 3. The fourth-order valence-corrected chi connectivity index (χ4v) is 5.40. The number of aryl methyl sites for hydroxylation is 1. The Morgan fingerprint density at radius 3 is 2.75 bits per heavy atom. The van der Waals surface area contributed by atoms with Gasteiger partial charge in [0, 0.05) is 11.5 Å². The fourth-order valence-electron chi connectivity index (χ4n) is 5.40. The first-order chi connectivity index (χ1) is 13.7. The van der Waals surface area contributed by atoms with Gasteiger partial charge in [-0.3, -0.25) is 0 Å². The Labute approximate surface area is 169 Å². The van der Waals surface area contributed by atoms with Crippen molar-refractivity contribution in [3.63, 3.8) is 0 Å². The summed E-state index contributed by atoms with van der Waals surface area (Å²) in [6.07, 6.45) is 11.7. The van der Waals surface area contributed by atoms with E-state index in [4.69, 9.17) is 0 Å². The molecule has 1 nitrogen and oxygen atoms in total. The van der Waals surface area contributed by atoms with Crippen molar-refractivity contribution in [2.75, 3.05) is 0 Å². The van der Waals surface area contributed by atoms with Crippen molar-refractivity contribution in [3.8, 4) is 11.1 Å². The van der Waals surface area contributed by atoms with Crippen LogP contribution in [-0.2, 0) is 17.6 Å². The van der Waals surface area contributed by atoms with E-state index < -0.39 is 0 Å². The Kier molecular flexibility index (Phi) is 5.83. The number of allylic oxidation sites excluding steroid dienone is 1. The van der Waals surface area contributed by atoms with Crippen LogP contribution in [-0.4, -0.2) is 5.94 Å². The lowest BCUT2D eigenvalue weighted by atomic mass is 9.75. The van der Waals surface area contributed by atoms with E-state index in [1.807, 2.05) is 0 Å². The molecule has 0 N–H and O–H groups in total. The standard InChI is InChI=1S/C27H32O/c1-3-4-5-6-11-20-16-25-23-14-9-7-12-21(23)17-26(25)27(19(20)2)24-15-10-8-13-22(24)18-28/h7,9,12,14,16,24H,3-6,8,10-11,13,15,17H2,1-2H3. The van der Waals surface area contributed by atoms with Gasteiger partial charge in [-0.15, -0.1) is 0 Å². The lowest BCUT2D eigenvalue weighted by Crippen LogP contribution is -2.14. The van der Waals surface area contributed by atoms with Crippen molar-refractivity contribution in [2.24, 2.45) is 0 Å². The van der Waals surface area contributed by atoms with E-state index in [0.717, 1.165) is 37.7 Å². The van der Waals surface area contributed by atoms with Crippen LogP contribution in [0.25, 0.3) is 11.1 Å². The smallest absolute Gasteiger partial charge is 0.124 e. The Bertz CT molecular complexity index is 914. The Morgan fingerprint density at radius 2 is 1.93 bits per heavy atom. The summed E-state index contributed by atoms with van der Waals surface area (Å²) < 4.78 is 0. The van der Waals surface area contributed by atoms with Crippen molar-refractivity contribution < 1.29 is 4.79 Å². The molecule has 0 bridgehead atoms. The van der Waals surface area contributed by atoms with Gasteiger partial charge in [-0.05, 0) is 84.4 Å². The molecule has 0 saturated heterocycles. The predicted molar refractivity (Wildman–Crippen MR) is 118 cm³/mol. The Morgan fingerprint density at radius 1 is 1.07 bits per heavy atom. The van der Waals surface area contributed by atoms with Crippen LogP contribution in [0, 0.1) is 6.92 Å². The van der Waals surface area contributed by atoms with Gasteiger partial charge >= 0.3 is 0 Å². The van der Waals surface area contributed by atoms with Gasteiger partial charge < -0.3 is 0 Å². The minimum Gasteiger partial charge on any atom is -0.234 e. The average molecular weight is 373 g/mol. The second kappa shape index (κ2) is 8.50. The topological polar surface area (TPSA) is 17.1 Å². The molecule has 2 aliphatic carbocycles. The van der Waals surface area contributed by atoms with Crippen LogP contribution in [0.3, 0.4) is 0 Å². The second-order valence-electron chi connectivity index (χ2n) is 8.67. The maximum Gasteiger partial charge on any atom is 0.124 e. The lowest BCUT2D eigenvalue weighted by Gasteiger charge is -2.28. The normalized spacial score (nSPS) is 17.9. The van der Waals surface area contributed by atoms with E-state index in [0.29, 0.717) is 0 Å². The zero-order valence-corrected chi connectivity index (χ0v) is 17.4. The highest BCUT2D eigenvalue weighted by Gasteiger charge is 2.31. The van der Waals surface area contributed by atoms with Gasteiger partial charge in [0.05, 0.1) is 0 Å². The minimum atomic E-state index is 0.282. The molecule has 1 fully saturated rings. The van der Waals surface area contributed by atoms with Crippen molar-refractivity contribution in [1.82, 2.24) is 0 Å². The molecule has 2 aromatic carbocycles. The zero-order valence-electron chi connectivity index (χ0n) is 17.4. The Hall–Kier alpha value is -2.11. The monoisotopic (exact) mass is 372 g/mol. The third kappa shape index (κ3) is 3.49. The van der Waals surface area contributed by atoms with Crippen molar-refractivity contribution >= 4 is 5.94 Å². The summed E-state index contributed by atoms with van der Waals surface area (Å²) in [4.78, 5) is 11.7. The molecule has 0 radical (unpaired) electrons. The Balaban J connectivity index is 1.81. The summed E-state index contributed by atoms with van der Waals surface area (Å²) in [6, 6.07) is 11.3. The lowest BCUT2D eigenvalue weighted by molar-refractivity contribution is 0.523. The first-order valence-corrected chi connectivity index (χ1v) is 11.2. The molecule has 0 heterocycles. The molecular formula is C27H32O. The van der Waals surface area contributed by atoms with Crippen LogP contribution in [0.15, 0.2) is 35.9 Å². The van der Waals surface area contributed by atoms with Crippen molar-refractivity contribution in [1.29, 1.82) is 0 Å². The van der Waals surface area contributed by atoms with Crippen molar-refractivity contribution in [2.45, 2.75) is 84.0 Å². The van der Waals surface area contributed by atoms with Gasteiger partial charge in [-0.1, -0.05) is 62.9 Å². The van der Waals surface area contributed by atoms with Crippen LogP contribution < -0.4 is 0 Å². The van der Waals surface area contributed by atoms with E-state index >= 15 is 0 Å². The highest BCUT2D eigenvalue weighted by atomic mass is 16.1. The van der Waals surface area contributed by atoms with Gasteiger partial charge in [0.15, 0.2) is 0 Å². The van der Waals surface area contributed by atoms with Crippen LogP contribution >= 0.6 is 0 Å².